The molecular formula is C13H28F2IN3. The third kappa shape index (κ3) is 12.6. The van der Waals surface area contributed by atoms with Gasteiger partial charge in [-0.1, -0.05) is 40.0 Å². The van der Waals surface area contributed by atoms with Crippen LogP contribution in [0.1, 0.15) is 46.5 Å². The number of rotatable bonds is 8. The van der Waals surface area contributed by atoms with Crippen LogP contribution < -0.4 is 10.6 Å². The van der Waals surface area contributed by atoms with Gasteiger partial charge in [-0.3, -0.25) is 4.99 Å². The monoisotopic (exact) mass is 391 g/mol. The Morgan fingerprint density at radius 1 is 1.21 bits per heavy atom. The second-order valence-electron chi connectivity index (χ2n) is 5.32. The van der Waals surface area contributed by atoms with E-state index < -0.39 is 6.43 Å². The van der Waals surface area contributed by atoms with Gasteiger partial charge in [-0.05, 0) is 11.8 Å². The molecule has 0 unspecified atom stereocenters. The van der Waals surface area contributed by atoms with Crippen LogP contribution in [-0.2, 0) is 0 Å². The lowest BCUT2D eigenvalue weighted by atomic mass is 9.87. The zero-order chi connectivity index (χ0) is 14.0. The van der Waals surface area contributed by atoms with E-state index in [0.717, 1.165) is 13.0 Å². The van der Waals surface area contributed by atoms with Gasteiger partial charge in [-0.15, -0.1) is 24.0 Å². The van der Waals surface area contributed by atoms with Gasteiger partial charge >= 0.3 is 0 Å². The summed E-state index contributed by atoms with van der Waals surface area (Å²) in [6.07, 6.45) is 2.41. The number of halogens is 3. The number of aliphatic imine (C=N–C) groups is 1. The van der Waals surface area contributed by atoms with E-state index in [1.54, 1.807) is 7.05 Å². The molecule has 0 radical (unpaired) electrons. The molecule has 19 heavy (non-hydrogen) atoms. The normalized spacial score (nSPS) is 12.3. The van der Waals surface area contributed by atoms with Crippen LogP contribution in [0.2, 0.25) is 0 Å². The van der Waals surface area contributed by atoms with Crippen LogP contribution >= 0.6 is 24.0 Å². The van der Waals surface area contributed by atoms with Crippen LogP contribution in [0.4, 0.5) is 8.78 Å². The van der Waals surface area contributed by atoms with Gasteiger partial charge < -0.3 is 10.6 Å². The molecule has 0 spiro atoms. The molecule has 0 fully saturated rings. The van der Waals surface area contributed by atoms with Crippen LogP contribution in [0.5, 0.6) is 0 Å². The molecule has 0 aromatic carbocycles. The first-order chi connectivity index (χ1) is 8.41. The molecule has 0 atom stereocenters. The van der Waals surface area contributed by atoms with Crippen molar-refractivity contribution >= 4 is 29.9 Å². The first-order valence-electron chi connectivity index (χ1n) is 6.64. The van der Waals surface area contributed by atoms with E-state index in [1.807, 2.05) is 0 Å². The highest BCUT2D eigenvalue weighted by Crippen LogP contribution is 2.22. The molecule has 0 heterocycles. The molecule has 0 aromatic heterocycles. The largest absolute Gasteiger partial charge is 0.356 e. The Kier molecular flexibility index (Phi) is 13.0. The first-order valence-corrected chi connectivity index (χ1v) is 6.64. The van der Waals surface area contributed by atoms with Gasteiger partial charge in [-0.25, -0.2) is 8.78 Å². The van der Waals surface area contributed by atoms with E-state index >= 15 is 0 Å². The molecule has 0 rings (SSSR count). The lowest BCUT2D eigenvalue weighted by Crippen LogP contribution is -2.43. The fraction of sp³-hybridized carbons (Fsp3) is 0.923. The molecule has 0 saturated heterocycles. The van der Waals surface area contributed by atoms with Crippen molar-refractivity contribution < 1.29 is 8.78 Å². The van der Waals surface area contributed by atoms with E-state index in [9.17, 15) is 8.78 Å². The predicted molar refractivity (Wildman–Crippen MR) is 88.7 cm³/mol. The van der Waals surface area contributed by atoms with Gasteiger partial charge in [0.25, 0.3) is 6.43 Å². The maximum absolute atomic E-state index is 12.1. The number of guanidine groups is 1. The number of hydrogen-bond acceptors (Lipinski definition) is 1. The third-order valence-electron chi connectivity index (χ3n) is 2.84. The highest BCUT2D eigenvalue weighted by molar-refractivity contribution is 14.0. The maximum Gasteiger partial charge on any atom is 0.255 e. The van der Waals surface area contributed by atoms with E-state index in [2.05, 4.69) is 36.4 Å². The number of hydrogen-bond donors (Lipinski definition) is 2. The second-order valence-corrected chi connectivity index (χ2v) is 5.32. The van der Waals surface area contributed by atoms with Crippen LogP contribution in [0.25, 0.3) is 0 Å². The van der Waals surface area contributed by atoms with Crippen LogP contribution in [0.15, 0.2) is 4.99 Å². The lowest BCUT2D eigenvalue weighted by molar-refractivity contribution is 0.152. The summed E-state index contributed by atoms with van der Waals surface area (Å²) in [5.41, 5.74) is 0.150. The molecule has 0 aliphatic heterocycles. The van der Waals surface area contributed by atoms with Crippen LogP contribution in [-0.4, -0.2) is 32.5 Å². The summed E-state index contributed by atoms with van der Waals surface area (Å²) in [5.74, 6) is 0.443. The molecule has 2 N–H and O–H groups in total. The summed E-state index contributed by atoms with van der Waals surface area (Å²) in [6.45, 7) is 6.91. The molecule has 0 amide bonds. The van der Waals surface area contributed by atoms with Crippen LogP contribution in [0, 0.1) is 5.41 Å². The molecule has 3 nitrogen and oxygen atoms in total. The molecule has 0 aliphatic carbocycles. The van der Waals surface area contributed by atoms with Crippen molar-refractivity contribution in [3.05, 3.63) is 0 Å². The van der Waals surface area contributed by atoms with Gasteiger partial charge in [0.05, 0.1) is 6.54 Å². The Bertz CT molecular complexity index is 246. The summed E-state index contributed by atoms with van der Waals surface area (Å²) in [7, 11) is 1.59. The van der Waals surface area contributed by atoms with Crippen molar-refractivity contribution in [3.8, 4) is 0 Å². The van der Waals surface area contributed by atoms with E-state index in [4.69, 9.17) is 0 Å². The molecular weight excluding hydrogens is 363 g/mol. The average molecular weight is 391 g/mol. The Hall–Kier alpha value is -0.140. The van der Waals surface area contributed by atoms with Crippen molar-refractivity contribution in [2.24, 2.45) is 10.4 Å². The zero-order valence-corrected chi connectivity index (χ0v) is 14.8. The van der Waals surface area contributed by atoms with E-state index in [0.29, 0.717) is 5.96 Å². The lowest BCUT2D eigenvalue weighted by Gasteiger charge is -2.26. The maximum atomic E-state index is 12.1. The van der Waals surface area contributed by atoms with Crippen molar-refractivity contribution in [2.75, 3.05) is 20.1 Å². The Morgan fingerprint density at radius 3 is 2.32 bits per heavy atom. The summed E-state index contributed by atoms with van der Waals surface area (Å²) < 4.78 is 24.1. The van der Waals surface area contributed by atoms with Crippen molar-refractivity contribution in [1.29, 1.82) is 0 Å². The van der Waals surface area contributed by atoms with Crippen molar-refractivity contribution in [1.82, 2.24) is 10.6 Å². The summed E-state index contributed by atoms with van der Waals surface area (Å²) >= 11 is 0. The molecule has 0 saturated carbocycles. The summed E-state index contributed by atoms with van der Waals surface area (Å²) in [6, 6.07) is 0. The summed E-state index contributed by atoms with van der Waals surface area (Å²) in [4.78, 5) is 3.92. The number of nitrogens with one attached hydrogen (secondary N) is 2. The zero-order valence-electron chi connectivity index (χ0n) is 12.4. The minimum Gasteiger partial charge on any atom is -0.356 e. The molecule has 0 aliphatic rings. The summed E-state index contributed by atoms with van der Waals surface area (Å²) in [5, 5.41) is 5.70. The van der Waals surface area contributed by atoms with Gasteiger partial charge in [-0.2, -0.15) is 0 Å². The predicted octanol–water partition coefficient (Wildman–Crippen LogP) is 3.64. The van der Waals surface area contributed by atoms with Crippen molar-refractivity contribution in [2.45, 2.75) is 52.9 Å². The minimum absolute atomic E-state index is 0. The third-order valence-corrected chi connectivity index (χ3v) is 2.84. The van der Waals surface area contributed by atoms with E-state index in [1.165, 1.54) is 19.3 Å². The van der Waals surface area contributed by atoms with Gasteiger partial charge in [0.15, 0.2) is 5.96 Å². The van der Waals surface area contributed by atoms with Crippen LogP contribution in [0.3, 0.4) is 0 Å². The SMILES string of the molecule is CCCCCC(C)(C)CNC(=NC)NCC(F)F.I. The fourth-order valence-electron chi connectivity index (χ4n) is 1.66. The molecule has 116 valence electrons. The fourth-order valence-corrected chi connectivity index (χ4v) is 1.66. The number of unbranched alkanes of at least 4 members (excludes halogenated alkanes) is 2. The Labute approximate surface area is 133 Å². The topological polar surface area (TPSA) is 36.4 Å². The smallest absolute Gasteiger partial charge is 0.255 e. The number of nitrogens with zero attached hydrogens (tertiary/aromatic N) is 1. The van der Waals surface area contributed by atoms with E-state index in [-0.39, 0.29) is 35.9 Å². The van der Waals surface area contributed by atoms with Gasteiger partial charge in [0, 0.05) is 13.6 Å². The minimum atomic E-state index is -2.36. The highest BCUT2D eigenvalue weighted by Gasteiger charge is 2.17. The van der Waals surface area contributed by atoms with Gasteiger partial charge in [0.2, 0.25) is 0 Å². The number of alkyl halides is 2. The molecule has 0 bridgehead atoms. The van der Waals surface area contributed by atoms with Gasteiger partial charge in [0.1, 0.15) is 0 Å². The average Bonchev–Trinajstić information content (AvgIpc) is 2.29. The highest BCUT2D eigenvalue weighted by atomic mass is 127. The first kappa shape index (κ1) is 21.2. The van der Waals surface area contributed by atoms with Crippen molar-refractivity contribution in [3.63, 3.8) is 0 Å². The molecule has 6 heteroatoms. The quantitative estimate of drug-likeness (QED) is 0.287. The molecule has 0 aromatic rings. The Balaban J connectivity index is 0. The second kappa shape index (κ2) is 11.7. The Morgan fingerprint density at radius 2 is 1.84 bits per heavy atom. The standard InChI is InChI=1S/C13H27F2N3.HI/c1-5-6-7-8-13(2,3)10-18-12(16-4)17-9-11(14)15;/h11H,5-10H2,1-4H3,(H2,16,17,18);1H.